The number of amidine groups is 1. The van der Waals surface area contributed by atoms with Crippen LogP contribution in [0.15, 0.2) is 76.2 Å². The van der Waals surface area contributed by atoms with E-state index in [-0.39, 0.29) is 17.4 Å². The number of rotatable bonds is 12. The molecule has 1 saturated carbocycles. The lowest BCUT2D eigenvalue weighted by molar-refractivity contribution is -0.129. The van der Waals surface area contributed by atoms with Gasteiger partial charge in [0.25, 0.3) is 11.8 Å². The molecule has 0 bridgehead atoms. The van der Waals surface area contributed by atoms with Crippen molar-refractivity contribution in [2.24, 2.45) is 10.9 Å². The summed E-state index contributed by atoms with van der Waals surface area (Å²) in [6.45, 7) is 10.0. The van der Waals surface area contributed by atoms with Gasteiger partial charge < -0.3 is 19.3 Å². The van der Waals surface area contributed by atoms with Crippen LogP contribution in [0.5, 0.6) is 11.5 Å². The van der Waals surface area contributed by atoms with Crippen LogP contribution in [0.3, 0.4) is 0 Å². The van der Waals surface area contributed by atoms with E-state index >= 15 is 0 Å². The minimum absolute atomic E-state index is 0.0369. The monoisotopic (exact) mass is 593 g/mol. The van der Waals surface area contributed by atoms with E-state index in [1.54, 1.807) is 26.0 Å². The van der Waals surface area contributed by atoms with Crippen LogP contribution in [-0.4, -0.2) is 44.7 Å². The van der Waals surface area contributed by atoms with Crippen molar-refractivity contribution in [3.8, 4) is 23.0 Å². The van der Waals surface area contributed by atoms with Crippen LogP contribution in [0.4, 0.5) is 5.95 Å². The maximum absolute atomic E-state index is 11.9. The number of nitrogens with zero attached hydrogens (tertiary/aromatic N) is 4. The number of anilines is 1. The van der Waals surface area contributed by atoms with E-state index in [0.29, 0.717) is 43.0 Å². The average molecular weight is 594 g/mol. The first kappa shape index (κ1) is 30.7. The summed E-state index contributed by atoms with van der Waals surface area (Å²) in [6.07, 6.45) is 3.03. The molecule has 1 aliphatic carbocycles. The van der Waals surface area contributed by atoms with E-state index < -0.39 is 5.60 Å². The van der Waals surface area contributed by atoms with E-state index in [1.165, 1.54) is 6.92 Å². The molecule has 44 heavy (non-hydrogen) atoms. The molecule has 0 atom stereocenters. The van der Waals surface area contributed by atoms with Gasteiger partial charge in [-0.15, -0.1) is 0 Å². The summed E-state index contributed by atoms with van der Waals surface area (Å²) < 4.78 is 11.5. The van der Waals surface area contributed by atoms with E-state index in [0.717, 1.165) is 46.4 Å². The zero-order chi connectivity index (χ0) is 31.4. The summed E-state index contributed by atoms with van der Waals surface area (Å²) in [5, 5.41) is 22.6. The number of aliphatic imine (C=N–C) groups is 1. The van der Waals surface area contributed by atoms with Gasteiger partial charge in [0.2, 0.25) is 0 Å². The Kier molecular flexibility index (Phi) is 8.94. The van der Waals surface area contributed by atoms with Crippen LogP contribution >= 0.6 is 0 Å². The molecule has 1 aromatic heterocycles. The number of aryl methyl sites for hydroxylation is 1. The van der Waals surface area contributed by atoms with Gasteiger partial charge in [-0.2, -0.15) is 4.98 Å². The fourth-order valence-corrected chi connectivity index (χ4v) is 4.68. The normalized spacial score (nSPS) is 13.5. The topological polar surface area (TPSA) is 125 Å². The molecule has 4 aromatic rings. The number of benzene rings is 3. The second-order valence-corrected chi connectivity index (χ2v) is 12.0. The number of carbonyl (C=O) groups excluding carboxylic acids is 1. The predicted molar refractivity (Wildman–Crippen MR) is 172 cm³/mol. The third-order valence-electron chi connectivity index (χ3n) is 8.01. The molecule has 1 heterocycles. The van der Waals surface area contributed by atoms with Crippen molar-refractivity contribution in [3.63, 3.8) is 0 Å². The Labute approximate surface area is 258 Å². The highest BCUT2D eigenvalue weighted by atomic mass is 16.5. The Hall–Kier alpha value is -4.79. The van der Waals surface area contributed by atoms with Gasteiger partial charge >= 0.3 is 0 Å². The molecule has 0 saturated heterocycles. The van der Waals surface area contributed by atoms with E-state index in [1.807, 2.05) is 68.4 Å². The first-order valence-electron chi connectivity index (χ1n) is 14.9. The van der Waals surface area contributed by atoms with Crippen LogP contribution in [0, 0.1) is 18.3 Å². The number of ketones is 1. The number of hydrogen-bond donors (Lipinski definition) is 2. The molecule has 1 fully saturated rings. The van der Waals surface area contributed by atoms with E-state index in [9.17, 15) is 9.90 Å². The molecular formula is C35H39N5O4. The number of aromatic nitrogens is 2. The summed E-state index contributed by atoms with van der Waals surface area (Å²) in [5.41, 5.74) is 4.50. The van der Waals surface area contributed by atoms with Crippen molar-refractivity contribution in [3.05, 3.63) is 89.0 Å². The van der Waals surface area contributed by atoms with Crippen LogP contribution in [0.2, 0.25) is 0 Å². The molecule has 9 nitrogen and oxygen atoms in total. The smallest absolute Gasteiger partial charge is 0.266 e. The van der Waals surface area contributed by atoms with Crippen molar-refractivity contribution in [1.82, 2.24) is 10.1 Å². The number of nitrogens with one attached hydrogen (secondary N) is 1. The van der Waals surface area contributed by atoms with Gasteiger partial charge in [-0.1, -0.05) is 36.4 Å². The number of ether oxygens (including phenoxy) is 1. The number of phenols is 1. The predicted octanol–water partition coefficient (Wildman–Crippen LogP) is 6.94. The Morgan fingerprint density at radius 1 is 1.07 bits per heavy atom. The fourth-order valence-electron chi connectivity index (χ4n) is 4.68. The molecule has 1 aliphatic rings. The molecule has 2 N–H and O–H groups in total. The lowest BCUT2D eigenvalue weighted by atomic mass is 10.1. The first-order chi connectivity index (χ1) is 21.0. The number of phenolic OH excluding ortho intramolecular Hbond substituents is 1. The SMILES string of the molecule is CC(=O)C(C)(C)Oc1ccc(CCN(Cc2ccc(C(=N)N=C(C)C3CC3)cc2)c2noc(-c3ccc(O)c(C)c3)n2)cc1. The van der Waals surface area contributed by atoms with Crippen LogP contribution < -0.4 is 9.64 Å². The van der Waals surface area contributed by atoms with Gasteiger partial charge in [0.15, 0.2) is 17.2 Å². The fraction of sp³-hybridized carbons (Fsp3) is 0.343. The van der Waals surface area contributed by atoms with Gasteiger partial charge in [0.05, 0.1) is 0 Å². The van der Waals surface area contributed by atoms with Crippen molar-refractivity contribution in [2.45, 2.75) is 66.0 Å². The minimum atomic E-state index is -0.888. The van der Waals surface area contributed by atoms with Crippen LogP contribution in [0.1, 0.15) is 62.8 Å². The van der Waals surface area contributed by atoms with Gasteiger partial charge in [-0.3, -0.25) is 10.2 Å². The highest BCUT2D eigenvalue weighted by molar-refractivity contribution is 6.05. The van der Waals surface area contributed by atoms with Crippen molar-refractivity contribution in [2.75, 3.05) is 11.4 Å². The third-order valence-corrected chi connectivity index (χ3v) is 8.01. The average Bonchev–Trinajstić information content (AvgIpc) is 3.74. The summed E-state index contributed by atoms with van der Waals surface area (Å²) in [5.74, 6) is 2.45. The summed E-state index contributed by atoms with van der Waals surface area (Å²) in [4.78, 5) is 23.1. The van der Waals surface area contributed by atoms with Gasteiger partial charge in [-0.25, -0.2) is 4.99 Å². The highest BCUT2D eigenvalue weighted by Crippen LogP contribution is 2.31. The zero-order valence-electron chi connectivity index (χ0n) is 25.9. The lowest BCUT2D eigenvalue weighted by Crippen LogP contribution is -2.36. The molecular weight excluding hydrogens is 554 g/mol. The third kappa shape index (κ3) is 7.58. The second kappa shape index (κ2) is 12.8. The summed E-state index contributed by atoms with van der Waals surface area (Å²) in [6, 6.07) is 20.8. The molecule has 228 valence electrons. The number of aromatic hydroxyl groups is 1. The molecule has 0 aliphatic heterocycles. The Balaban J connectivity index is 1.33. The Morgan fingerprint density at radius 3 is 2.39 bits per heavy atom. The zero-order valence-corrected chi connectivity index (χ0v) is 25.9. The highest BCUT2D eigenvalue weighted by Gasteiger charge is 2.26. The van der Waals surface area contributed by atoms with E-state index in [4.69, 9.17) is 19.7 Å². The molecule has 0 spiro atoms. The van der Waals surface area contributed by atoms with Crippen molar-refractivity contribution >= 4 is 23.3 Å². The van der Waals surface area contributed by atoms with E-state index in [2.05, 4.69) is 15.0 Å². The molecule has 0 unspecified atom stereocenters. The van der Waals surface area contributed by atoms with Crippen LogP contribution in [-0.2, 0) is 17.8 Å². The molecule has 9 heteroatoms. The maximum atomic E-state index is 11.9. The molecule has 0 radical (unpaired) electrons. The van der Waals surface area contributed by atoms with Crippen molar-refractivity contribution < 1.29 is 19.2 Å². The quantitative estimate of drug-likeness (QED) is 0.135. The minimum Gasteiger partial charge on any atom is -0.508 e. The number of carbonyl (C=O) groups is 1. The molecule has 0 amide bonds. The lowest BCUT2D eigenvalue weighted by Gasteiger charge is -2.23. The van der Waals surface area contributed by atoms with Gasteiger partial charge in [0.1, 0.15) is 11.5 Å². The van der Waals surface area contributed by atoms with Gasteiger partial charge in [-0.05, 0) is 112 Å². The Morgan fingerprint density at radius 2 is 1.75 bits per heavy atom. The largest absolute Gasteiger partial charge is 0.508 e. The van der Waals surface area contributed by atoms with Crippen molar-refractivity contribution in [1.29, 1.82) is 5.41 Å². The van der Waals surface area contributed by atoms with Crippen LogP contribution in [0.25, 0.3) is 11.5 Å². The summed E-state index contributed by atoms with van der Waals surface area (Å²) in [7, 11) is 0. The summed E-state index contributed by atoms with van der Waals surface area (Å²) >= 11 is 0. The molecule has 3 aromatic carbocycles. The number of Topliss-reactive ketones (excluding diaryl/α,β-unsaturated/α-hetero) is 1. The Bertz CT molecular complexity index is 1670. The molecule has 5 rings (SSSR count). The number of hydrogen-bond acceptors (Lipinski definition) is 8. The first-order valence-corrected chi connectivity index (χ1v) is 14.9. The second-order valence-electron chi connectivity index (χ2n) is 12.0. The van der Waals surface area contributed by atoms with Gasteiger partial charge in [0, 0.05) is 29.9 Å². The standard InChI is InChI=1S/C35H39N5O4/c1-22-20-29(14-17-31(22)42)33-38-34(39-44-33)40(19-18-25-8-15-30(16-9-25)43-35(4,5)24(3)41)21-26-6-10-28(11-7-26)32(36)37-23(2)27-12-13-27/h6-11,14-17,20,27,36,42H,12-13,18-19,21H2,1-5H3. The maximum Gasteiger partial charge on any atom is 0.266 e.